The minimum Gasteiger partial charge on any atom is -0.494 e. The summed E-state index contributed by atoms with van der Waals surface area (Å²) in [4.78, 5) is 0. The number of rotatable bonds is 9. The number of hydrogen-bond donors (Lipinski definition) is 3. The molecule has 0 fully saturated rings. The summed E-state index contributed by atoms with van der Waals surface area (Å²) in [7, 11) is 0. The van der Waals surface area contributed by atoms with Crippen molar-refractivity contribution in [3.05, 3.63) is 29.8 Å². The first-order valence-corrected chi connectivity index (χ1v) is 6.47. The Balaban J connectivity index is 2.30. The number of likely N-dealkylation sites (N-methyl/N-ethyl adjacent to an activating group) is 1. The topological polar surface area (TPSA) is 61.7 Å². The van der Waals surface area contributed by atoms with Gasteiger partial charge in [0, 0.05) is 12.6 Å². The average molecular weight is 253 g/mol. The van der Waals surface area contributed by atoms with Crippen molar-refractivity contribution in [3.63, 3.8) is 0 Å². The molecule has 0 bridgehead atoms. The van der Waals surface area contributed by atoms with Crippen LogP contribution in [0.2, 0.25) is 0 Å². The van der Waals surface area contributed by atoms with Gasteiger partial charge in [-0.25, -0.2) is 0 Å². The summed E-state index contributed by atoms with van der Waals surface area (Å²) >= 11 is 0. The molecule has 0 aromatic heterocycles. The van der Waals surface area contributed by atoms with Crippen LogP contribution in [0, 0.1) is 0 Å². The molecule has 0 aliphatic heterocycles. The zero-order valence-corrected chi connectivity index (χ0v) is 10.9. The van der Waals surface area contributed by atoms with Crippen LogP contribution < -0.4 is 10.1 Å². The molecule has 102 valence electrons. The number of ether oxygens (including phenoxy) is 1. The maximum absolute atomic E-state index is 9.11. The van der Waals surface area contributed by atoms with E-state index in [9.17, 15) is 0 Å². The van der Waals surface area contributed by atoms with E-state index in [1.807, 2.05) is 31.2 Å². The monoisotopic (exact) mass is 253 g/mol. The standard InChI is InChI=1S/C14H23NO3/c1-2-15-13(11-17)8-10-18-14-5-3-12(4-6-14)7-9-16/h3-6,13,15-17H,2,7-11H2,1H3. The Kier molecular flexibility index (Phi) is 7.41. The summed E-state index contributed by atoms with van der Waals surface area (Å²) in [5.74, 6) is 0.824. The van der Waals surface area contributed by atoms with E-state index in [0.717, 1.165) is 24.3 Å². The maximum Gasteiger partial charge on any atom is 0.119 e. The quantitative estimate of drug-likeness (QED) is 0.613. The zero-order valence-electron chi connectivity index (χ0n) is 10.9. The summed E-state index contributed by atoms with van der Waals surface area (Å²) in [5, 5.41) is 21.1. The highest BCUT2D eigenvalue weighted by molar-refractivity contribution is 5.27. The zero-order chi connectivity index (χ0) is 13.2. The van der Waals surface area contributed by atoms with Crippen LogP contribution in [0.5, 0.6) is 5.75 Å². The molecule has 0 aliphatic rings. The average Bonchev–Trinajstić information content (AvgIpc) is 2.40. The second-order valence-corrected chi connectivity index (χ2v) is 4.19. The summed E-state index contributed by atoms with van der Waals surface area (Å²) in [6.07, 6.45) is 1.45. The van der Waals surface area contributed by atoms with Gasteiger partial charge >= 0.3 is 0 Å². The van der Waals surface area contributed by atoms with Gasteiger partial charge < -0.3 is 20.3 Å². The van der Waals surface area contributed by atoms with Gasteiger partial charge in [-0.15, -0.1) is 0 Å². The molecule has 0 radical (unpaired) electrons. The van der Waals surface area contributed by atoms with Crippen LogP contribution in [-0.4, -0.2) is 42.6 Å². The molecule has 0 saturated carbocycles. The summed E-state index contributed by atoms with van der Waals surface area (Å²) in [5.41, 5.74) is 1.10. The normalized spacial score (nSPS) is 12.4. The van der Waals surface area contributed by atoms with Gasteiger partial charge in [0.1, 0.15) is 5.75 Å². The van der Waals surface area contributed by atoms with Gasteiger partial charge in [0.05, 0.1) is 13.2 Å². The van der Waals surface area contributed by atoms with E-state index in [0.29, 0.717) is 13.0 Å². The van der Waals surface area contributed by atoms with E-state index in [1.54, 1.807) is 0 Å². The molecule has 3 N–H and O–H groups in total. The van der Waals surface area contributed by atoms with Crippen LogP contribution in [0.4, 0.5) is 0 Å². The number of hydrogen-bond acceptors (Lipinski definition) is 4. The first-order valence-electron chi connectivity index (χ1n) is 6.47. The molecule has 1 aromatic carbocycles. The number of aliphatic hydroxyl groups is 2. The number of aliphatic hydroxyl groups excluding tert-OH is 2. The molecule has 4 heteroatoms. The molecule has 0 spiro atoms. The number of benzene rings is 1. The molecule has 0 saturated heterocycles. The van der Waals surface area contributed by atoms with Crippen LogP contribution in [0.25, 0.3) is 0 Å². The third-order valence-electron chi connectivity index (χ3n) is 2.77. The van der Waals surface area contributed by atoms with E-state index in [2.05, 4.69) is 5.32 Å². The maximum atomic E-state index is 9.11. The fraction of sp³-hybridized carbons (Fsp3) is 0.571. The highest BCUT2D eigenvalue weighted by atomic mass is 16.5. The summed E-state index contributed by atoms with van der Waals surface area (Å²) < 4.78 is 5.60. The van der Waals surface area contributed by atoms with Crippen LogP contribution in [0.1, 0.15) is 18.9 Å². The van der Waals surface area contributed by atoms with Crippen molar-refractivity contribution in [1.82, 2.24) is 5.32 Å². The minimum absolute atomic E-state index is 0.101. The molecule has 1 unspecified atom stereocenters. The van der Waals surface area contributed by atoms with Crippen molar-refractivity contribution >= 4 is 0 Å². The lowest BCUT2D eigenvalue weighted by Gasteiger charge is -2.15. The Bertz CT molecular complexity index is 313. The molecular formula is C14H23NO3. The van der Waals surface area contributed by atoms with Crippen molar-refractivity contribution < 1.29 is 14.9 Å². The van der Waals surface area contributed by atoms with E-state index in [-0.39, 0.29) is 19.3 Å². The fourth-order valence-corrected chi connectivity index (χ4v) is 1.75. The highest BCUT2D eigenvalue weighted by Gasteiger charge is 2.05. The van der Waals surface area contributed by atoms with Crippen LogP contribution in [0.3, 0.4) is 0 Å². The molecule has 4 nitrogen and oxygen atoms in total. The molecule has 1 atom stereocenters. The van der Waals surface area contributed by atoms with Gasteiger partial charge in [-0.1, -0.05) is 19.1 Å². The molecular weight excluding hydrogens is 230 g/mol. The third kappa shape index (κ3) is 5.49. The predicted molar refractivity (Wildman–Crippen MR) is 71.9 cm³/mol. The lowest BCUT2D eigenvalue weighted by Crippen LogP contribution is -2.33. The smallest absolute Gasteiger partial charge is 0.119 e. The van der Waals surface area contributed by atoms with Gasteiger partial charge in [-0.05, 0) is 37.1 Å². The largest absolute Gasteiger partial charge is 0.494 e. The number of nitrogens with one attached hydrogen (secondary N) is 1. The van der Waals surface area contributed by atoms with Crippen molar-refractivity contribution in [1.29, 1.82) is 0 Å². The van der Waals surface area contributed by atoms with Crippen LogP contribution in [0.15, 0.2) is 24.3 Å². The second-order valence-electron chi connectivity index (χ2n) is 4.19. The molecule has 0 amide bonds. The third-order valence-corrected chi connectivity index (χ3v) is 2.77. The van der Waals surface area contributed by atoms with Crippen molar-refractivity contribution in [2.45, 2.75) is 25.8 Å². The lowest BCUT2D eigenvalue weighted by molar-refractivity contribution is 0.210. The van der Waals surface area contributed by atoms with Crippen molar-refractivity contribution in [2.75, 3.05) is 26.4 Å². The van der Waals surface area contributed by atoms with E-state index in [1.165, 1.54) is 0 Å². The molecule has 1 rings (SSSR count). The second kappa shape index (κ2) is 8.91. The van der Waals surface area contributed by atoms with Crippen molar-refractivity contribution in [3.8, 4) is 5.75 Å². The van der Waals surface area contributed by atoms with E-state index < -0.39 is 0 Å². The van der Waals surface area contributed by atoms with Gasteiger partial charge in [0.15, 0.2) is 0 Å². The Morgan fingerprint density at radius 2 is 1.94 bits per heavy atom. The predicted octanol–water partition coefficient (Wildman–Crippen LogP) is 0.961. The fourth-order valence-electron chi connectivity index (χ4n) is 1.75. The Hall–Kier alpha value is -1.10. The van der Waals surface area contributed by atoms with E-state index >= 15 is 0 Å². The molecule has 0 aliphatic carbocycles. The van der Waals surface area contributed by atoms with E-state index in [4.69, 9.17) is 14.9 Å². The summed E-state index contributed by atoms with van der Waals surface area (Å²) in [6.45, 7) is 3.75. The van der Waals surface area contributed by atoms with Gasteiger partial charge in [-0.2, -0.15) is 0 Å². The molecule has 18 heavy (non-hydrogen) atoms. The van der Waals surface area contributed by atoms with Gasteiger partial charge in [0.25, 0.3) is 0 Å². The first kappa shape index (κ1) is 15.0. The molecule has 1 aromatic rings. The van der Waals surface area contributed by atoms with Gasteiger partial charge in [-0.3, -0.25) is 0 Å². The Labute approximate surface area is 109 Å². The first-order chi connectivity index (χ1) is 8.80. The SMILES string of the molecule is CCNC(CO)CCOc1ccc(CCO)cc1. The van der Waals surface area contributed by atoms with Crippen molar-refractivity contribution in [2.24, 2.45) is 0 Å². The minimum atomic E-state index is 0.101. The van der Waals surface area contributed by atoms with Gasteiger partial charge in [0.2, 0.25) is 0 Å². The lowest BCUT2D eigenvalue weighted by atomic mass is 10.1. The Morgan fingerprint density at radius 3 is 2.50 bits per heavy atom. The van der Waals surface area contributed by atoms with Crippen LogP contribution >= 0.6 is 0 Å². The summed E-state index contributed by atoms with van der Waals surface area (Å²) in [6, 6.07) is 7.83. The van der Waals surface area contributed by atoms with Crippen LogP contribution in [-0.2, 0) is 6.42 Å². The Morgan fingerprint density at radius 1 is 1.22 bits per heavy atom. The highest BCUT2D eigenvalue weighted by Crippen LogP contribution is 2.12. The molecule has 0 heterocycles.